The molecule has 0 aromatic heterocycles. The Labute approximate surface area is 112 Å². The van der Waals surface area contributed by atoms with Gasteiger partial charge in [-0.3, -0.25) is 0 Å². The molecule has 1 atom stereocenters. The van der Waals surface area contributed by atoms with Gasteiger partial charge in [-0.1, -0.05) is 30.4 Å². The third-order valence-electron chi connectivity index (χ3n) is 2.58. The van der Waals surface area contributed by atoms with E-state index in [0.717, 1.165) is 17.1 Å². The summed E-state index contributed by atoms with van der Waals surface area (Å²) in [7, 11) is 3.32. The normalized spacial score (nSPS) is 18.2. The summed E-state index contributed by atoms with van der Waals surface area (Å²) in [5.74, 6) is 1.61. The highest BCUT2D eigenvalue weighted by Gasteiger charge is 2.02. The van der Waals surface area contributed by atoms with E-state index in [0.29, 0.717) is 5.25 Å². The van der Waals surface area contributed by atoms with Gasteiger partial charge in [0, 0.05) is 11.3 Å². The molecule has 1 heterocycles. The maximum atomic E-state index is 5.24. The van der Waals surface area contributed by atoms with Gasteiger partial charge in [-0.2, -0.15) is 0 Å². The summed E-state index contributed by atoms with van der Waals surface area (Å²) in [6.45, 7) is 0. The second kappa shape index (κ2) is 6.36. The zero-order valence-electron chi connectivity index (χ0n) is 10.5. The quantitative estimate of drug-likeness (QED) is 0.818. The Kier molecular flexibility index (Phi) is 4.53. The number of benzene rings is 1. The van der Waals surface area contributed by atoms with Crippen LogP contribution in [0.1, 0.15) is 5.56 Å². The van der Waals surface area contributed by atoms with Crippen LogP contribution in [0.25, 0.3) is 6.08 Å². The topological polar surface area (TPSA) is 18.5 Å². The molecule has 3 heteroatoms. The van der Waals surface area contributed by atoms with E-state index in [9.17, 15) is 0 Å². The lowest BCUT2D eigenvalue weighted by Gasteiger charge is -2.08. The summed E-state index contributed by atoms with van der Waals surface area (Å²) in [5.41, 5.74) is 1.08. The van der Waals surface area contributed by atoms with E-state index in [4.69, 9.17) is 9.47 Å². The highest BCUT2D eigenvalue weighted by Crippen LogP contribution is 2.25. The molecule has 0 aliphatic carbocycles. The average Bonchev–Trinajstić information content (AvgIpc) is 2.45. The monoisotopic (exact) mass is 260 g/mol. The summed E-state index contributed by atoms with van der Waals surface area (Å²) in [5, 5.41) is 2.49. The van der Waals surface area contributed by atoms with E-state index in [1.807, 2.05) is 24.3 Å². The standard InChI is InChI=1S/C15H16O2S/c1-16-13-9-12(10-14(11-13)17-2)6-7-15-5-3-4-8-18-15/h3-11,15H,1-2H3/b7-6-. The molecule has 1 aromatic rings. The molecule has 0 bridgehead atoms. The SMILES string of the molecule is COc1cc(/C=C\C2C=CC=CS2)cc(OC)c1. The van der Waals surface area contributed by atoms with Gasteiger partial charge in [-0.25, -0.2) is 0 Å². The van der Waals surface area contributed by atoms with Crippen LogP contribution in [0.3, 0.4) is 0 Å². The second-order valence-corrected chi connectivity index (χ2v) is 4.91. The predicted octanol–water partition coefficient (Wildman–Crippen LogP) is 3.90. The van der Waals surface area contributed by atoms with Gasteiger partial charge < -0.3 is 9.47 Å². The Hall–Kier alpha value is -1.61. The molecule has 0 radical (unpaired) electrons. The lowest BCUT2D eigenvalue weighted by Crippen LogP contribution is -1.93. The zero-order valence-corrected chi connectivity index (χ0v) is 11.3. The molecule has 94 valence electrons. The van der Waals surface area contributed by atoms with Crippen molar-refractivity contribution in [3.63, 3.8) is 0 Å². The van der Waals surface area contributed by atoms with Crippen molar-refractivity contribution in [3.05, 3.63) is 53.5 Å². The van der Waals surface area contributed by atoms with E-state index >= 15 is 0 Å². The van der Waals surface area contributed by atoms with E-state index in [2.05, 4.69) is 29.7 Å². The van der Waals surface area contributed by atoms with Crippen LogP contribution in [0.4, 0.5) is 0 Å². The number of ether oxygens (including phenoxy) is 2. The van der Waals surface area contributed by atoms with Crippen LogP contribution in [0.5, 0.6) is 11.5 Å². The molecule has 0 N–H and O–H groups in total. The van der Waals surface area contributed by atoms with Crippen molar-refractivity contribution in [2.45, 2.75) is 5.25 Å². The number of hydrogen-bond acceptors (Lipinski definition) is 3. The fraction of sp³-hybridized carbons (Fsp3) is 0.200. The van der Waals surface area contributed by atoms with E-state index in [-0.39, 0.29) is 0 Å². The Morgan fingerprint density at radius 2 is 1.78 bits per heavy atom. The van der Waals surface area contributed by atoms with Crippen LogP contribution >= 0.6 is 11.8 Å². The third kappa shape index (κ3) is 3.44. The lowest BCUT2D eigenvalue weighted by atomic mass is 10.1. The maximum Gasteiger partial charge on any atom is 0.123 e. The van der Waals surface area contributed by atoms with Gasteiger partial charge in [-0.15, -0.1) is 11.8 Å². The molecule has 2 rings (SSSR count). The van der Waals surface area contributed by atoms with Crippen LogP contribution in [-0.2, 0) is 0 Å². The predicted molar refractivity (Wildman–Crippen MR) is 78.2 cm³/mol. The van der Waals surface area contributed by atoms with Gasteiger partial charge in [0.25, 0.3) is 0 Å². The third-order valence-corrected chi connectivity index (χ3v) is 3.52. The molecule has 1 aliphatic rings. The summed E-state index contributed by atoms with van der Waals surface area (Å²) in [6, 6.07) is 5.85. The number of methoxy groups -OCH3 is 2. The smallest absolute Gasteiger partial charge is 0.123 e. The molecule has 0 saturated carbocycles. The van der Waals surface area contributed by atoms with Crippen molar-refractivity contribution in [1.29, 1.82) is 0 Å². The zero-order chi connectivity index (χ0) is 12.8. The lowest BCUT2D eigenvalue weighted by molar-refractivity contribution is 0.394. The minimum Gasteiger partial charge on any atom is -0.497 e. The van der Waals surface area contributed by atoms with E-state index in [1.165, 1.54) is 0 Å². The fourth-order valence-electron chi connectivity index (χ4n) is 1.64. The van der Waals surface area contributed by atoms with Crippen molar-refractivity contribution < 1.29 is 9.47 Å². The van der Waals surface area contributed by atoms with Crippen molar-refractivity contribution in [2.75, 3.05) is 14.2 Å². The number of hydrogen-bond donors (Lipinski definition) is 0. The van der Waals surface area contributed by atoms with Gasteiger partial charge in [0.1, 0.15) is 11.5 Å². The highest BCUT2D eigenvalue weighted by molar-refractivity contribution is 8.03. The highest BCUT2D eigenvalue weighted by atomic mass is 32.2. The van der Waals surface area contributed by atoms with Crippen LogP contribution in [0.15, 0.2) is 47.9 Å². The average molecular weight is 260 g/mol. The number of rotatable bonds is 4. The van der Waals surface area contributed by atoms with Gasteiger partial charge in [0.2, 0.25) is 0 Å². The van der Waals surface area contributed by atoms with Crippen molar-refractivity contribution >= 4 is 17.8 Å². The van der Waals surface area contributed by atoms with Gasteiger partial charge in [-0.05, 0) is 23.1 Å². The van der Waals surface area contributed by atoms with Crippen LogP contribution in [0.2, 0.25) is 0 Å². The maximum absolute atomic E-state index is 5.24. The summed E-state index contributed by atoms with van der Waals surface area (Å²) < 4.78 is 10.5. The summed E-state index contributed by atoms with van der Waals surface area (Å²) >= 11 is 1.79. The van der Waals surface area contributed by atoms with Gasteiger partial charge in [0.05, 0.1) is 14.2 Å². The largest absolute Gasteiger partial charge is 0.497 e. The Balaban J connectivity index is 2.14. The molecule has 18 heavy (non-hydrogen) atoms. The van der Waals surface area contributed by atoms with Crippen molar-refractivity contribution in [3.8, 4) is 11.5 Å². The molecule has 1 unspecified atom stereocenters. The Bertz CT molecular complexity index is 467. The van der Waals surface area contributed by atoms with E-state index < -0.39 is 0 Å². The molecule has 0 saturated heterocycles. The number of thioether (sulfide) groups is 1. The van der Waals surface area contributed by atoms with Crippen LogP contribution in [0, 0.1) is 0 Å². The Morgan fingerprint density at radius 3 is 2.33 bits per heavy atom. The number of allylic oxidation sites excluding steroid dienone is 2. The first-order chi connectivity index (χ1) is 8.81. The summed E-state index contributed by atoms with van der Waals surface area (Å²) in [6.07, 6.45) is 10.5. The van der Waals surface area contributed by atoms with Crippen molar-refractivity contribution in [2.24, 2.45) is 0 Å². The van der Waals surface area contributed by atoms with Crippen molar-refractivity contribution in [1.82, 2.24) is 0 Å². The minimum atomic E-state index is 0.396. The molecular formula is C15H16O2S. The molecule has 0 fully saturated rings. The second-order valence-electron chi connectivity index (χ2n) is 3.82. The Morgan fingerprint density at radius 1 is 1.06 bits per heavy atom. The molecule has 2 nitrogen and oxygen atoms in total. The molecular weight excluding hydrogens is 244 g/mol. The first-order valence-electron chi connectivity index (χ1n) is 5.72. The van der Waals surface area contributed by atoms with Crippen LogP contribution in [-0.4, -0.2) is 19.5 Å². The first-order valence-corrected chi connectivity index (χ1v) is 6.66. The van der Waals surface area contributed by atoms with E-state index in [1.54, 1.807) is 26.0 Å². The van der Waals surface area contributed by atoms with Gasteiger partial charge >= 0.3 is 0 Å². The van der Waals surface area contributed by atoms with Crippen LogP contribution < -0.4 is 9.47 Å². The molecule has 1 aromatic carbocycles. The van der Waals surface area contributed by atoms with Gasteiger partial charge in [0.15, 0.2) is 0 Å². The summed E-state index contributed by atoms with van der Waals surface area (Å²) in [4.78, 5) is 0. The molecule has 0 spiro atoms. The molecule has 0 amide bonds. The molecule has 1 aliphatic heterocycles. The minimum absolute atomic E-state index is 0.396. The first kappa shape index (κ1) is 12.8. The fourth-order valence-corrected chi connectivity index (χ4v) is 2.36.